The monoisotopic (exact) mass is 247 g/mol. The topological polar surface area (TPSA) is 48.4 Å². The standard InChI is InChI=1S/C15H21NO2/c1-4-10(2)11-6-5-7-12-13(9-17-3)14(8-16)18-15(11)12/h5-7,10H,4,8-9,16H2,1-3H3. The van der Waals surface area contributed by atoms with Crippen LogP contribution in [-0.4, -0.2) is 7.11 Å². The van der Waals surface area contributed by atoms with Gasteiger partial charge < -0.3 is 14.9 Å². The van der Waals surface area contributed by atoms with E-state index >= 15 is 0 Å². The number of ether oxygens (including phenoxy) is 1. The molecule has 3 heteroatoms. The summed E-state index contributed by atoms with van der Waals surface area (Å²) in [6, 6.07) is 6.30. The molecule has 1 atom stereocenters. The quantitative estimate of drug-likeness (QED) is 0.879. The summed E-state index contributed by atoms with van der Waals surface area (Å²) in [7, 11) is 1.69. The van der Waals surface area contributed by atoms with Crippen molar-refractivity contribution in [3.63, 3.8) is 0 Å². The van der Waals surface area contributed by atoms with Gasteiger partial charge in [0, 0.05) is 18.1 Å². The van der Waals surface area contributed by atoms with Gasteiger partial charge in [0.2, 0.25) is 0 Å². The van der Waals surface area contributed by atoms with Crippen LogP contribution in [0.25, 0.3) is 11.0 Å². The lowest BCUT2D eigenvalue weighted by molar-refractivity contribution is 0.184. The molecule has 0 spiro atoms. The molecule has 2 rings (SSSR count). The number of para-hydroxylation sites is 1. The Bertz CT molecular complexity index is 531. The zero-order valence-electron chi connectivity index (χ0n) is 11.3. The molecule has 98 valence electrons. The molecule has 3 nitrogen and oxygen atoms in total. The van der Waals surface area contributed by atoms with Crippen molar-refractivity contribution in [2.24, 2.45) is 5.73 Å². The van der Waals surface area contributed by atoms with Gasteiger partial charge in [-0.1, -0.05) is 32.0 Å². The number of benzene rings is 1. The lowest BCUT2D eigenvalue weighted by Crippen LogP contribution is -1.99. The van der Waals surface area contributed by atoms with Crippen LogP contribution in [-0.2, 0) is 17.9 Å². The summed E-state index contributed by atoms with van der Waals surface area (Å²) in [6.07, 6.45) is 1.09. The maximum Gasteiger partial charge on any atom is 0.138 e. The predicted molar refractivity (Wildman–Crippen MR) is 73.5 cm³/mol. The molecular formula is C15H21NO2. The van der Waals surface area contributed by atoms with Crippen LogP contribution >= 0.6 is 0 Å². The third-order valence-electron chi connectivity index (χ3n) is 3.55. The minimum atomic E-state index is 0.410. The molecule has 1 unspecified atom stereocenters. The summed E-state index contributed by atoms with van der Waals surface area (Å²) in [5.41, 5.74) is 9.07. The van der Waals surface area contributed by atoms with E-state index in [0.29, 0.717) is 19.1 Å². The first-order valence-corrected chi connectivity index (χ1v) is 6.45. The van der Waals surface area contributed by atoms with Crippen molar-refractivity contribution in [3.8, 4) is 0 Å². The van der Waals surface area contributed by atoms with Gasteiger partial charge >= 0.3 is 0 Å². The molecule has 0 radical (unpaired) electrons. The molecule has 0 aliphatic carbocycles. The highest BCUT2D eigenvalue weighted by Gasteiger charge is 2.17. The van der Waals surface area contributed by atoms with E-state index in [1.807, 2.05) is 0 Å². The Morgan fingerprint density at radius 1 is 1.39 bits per heavy atom. The summed E-state index contributed by atoms with van der Waals surface area (Å²) in [6.45, 7) is 5.36. The molecule has 1 aromatic carbocycles. The van der Waals surface area contributed by atoms with E-state index in [2.05, 4.69) is 32.0 Å². The highest BCUT2D eigenvalue weighted by molar-refractivity contribution is 5.85. The molecule has 0 aliphatic heterocycles. The fraction of sp³-hybridized carbons (Fsp3) is 0.467. The maximum atomic E-state index is 5.95. The normalized spacial score (nSPS) is 13.1. The summed E-state index contributed by atoms with van der Waals surface area (Å²) in [5, 5.41) is 1.13. The first-order chi connectivity index (χ1) is 8.72. The minimum Gasteiger partial charge on any atom is -0.459 e. The molecule has 0 saturated heterocycles. The second kappa shape index (κ2) is 5.55. The summed E-state index contributed by atoms with van der Waals surface area (Å²) >= 11 is 0. The van der Waals surface area contributed by atoms with Crippen molar-refractivity contribution in [1.29, 1.82) is 0 Å². The van der Waals surface area contributed by atoms with Crippen LogP contribution in [0.3, 0.4) is 0 Å². The highest BCUT2D eigenvalue weighted by Crippen LogP contribution is 2.33. The summed E-state index contributed by atoms with van der Waals surface area (Å²) in [5.74, 6) is 1.32. The molecule has 2 aromatic rings. The highest BCUT2D eigenvalue weighted by atomic mass is 16.5. The number of nitrogens with two attached hydrogens (primary N) is 1. The van der Waals surface area contributed by atoms with Crippen LogP contribution in [0, 0.1) is 0 Å². The van der Waals surface area contributed by atoms with E-state index in [0.717, 1.165) is 28.7 Å². The van der Waals surface area contributed by atoms with Crippen LogP contribution in [0.4, 0.5) is 0 Å². The molecule has 0 fully saturated rings. The van der Waals surface area contributed by atoms with Gasteiger partial charge in [-0.05, 0) is 17.9 Å². The van der Waals surface area contributed by atoms with Crippen LogP contribution < -0.4 is 5.73 Å². The molecule has 2 N–H and O–H groups in total. The number of rotatable bonds is 5. The van der Waals surface area contributed by atoms with Gasteiger partial charge in [0.1, 0.15) is 11.3 Å². The zero-order valence-corrected chi connectivity index (χ0v) is 11.3. The van der Waals surface area contributed by atoms with Gasteiger partial charge in [0.05, 0.1) is 13.2 Å². The van der Waals surface area contributed by atoms with E-state index in [1.165, 1.54) is 5.56 Å². The average molecular weight is 247 g/mol. The van der Waals surface area contributed by atoms with Crippen LogP contribution in [0.2, 0.25) is 0 Å². The van der Waals surface area contributed by atoms with Crippen molar-refractivity contribution in [1.82, 2.24) is 0 Å². The average Bonchev–Trinajstić information content (AvgIpc) is 2.76. The van der Waals surface area contributed by atoms with E-state index in [-0.39, 0.29) is 0 Å². The van der Waals surface area contributed by atoms with Crippen LogP contribution in [0.5, 0.6) is 0 Å². The van der Waals surface area contributed by atoms with Crippen molar-refractivity contribution < 1.29 is 9.15 Å². The van der Waals surface area contributed by atoms with Gasteiger partial charge in [0.25, 0.3) is 0 Å². The lowest BCUT2D eigenvalue weighted by Gasteiger charge is -2.09. The van der Waals surface area contributed by atoms with Gasteiger partial charge in [0.15, 0.2) is 0 Å². The Morgan fingerprint density at radius 2 is 2.17 bits per heavy atom. The molecule has 0 saturated carbocycles. The van der Waals surface area contributed by atoms with Gasteiger partial charge in [-0.3, -0.25) is 0 Å². The minimum absolute atomic E-state index is 0.410. The first-order valence-electron chi connectivity index (χ1n) is 6.45. The smallest absolute Gasteiger partial charge is 0.138 e. The SMILES string of the molecule is CCC(C)c1cccc2c(COC)c(CN)oc12. The molecule has 0 amide bonds. The van der Waals surface area contributed by atoms with Crippen molar-refractivity contribution in [3.05, 3.63) is 35.1 Å². The molecule has 0 bridgehead atoms. The van der Waals surface area contributed by atoms with Crippen LogP contribution in [0.15, 0.2) is 22.6 Å². The fourth-order valence-electron chi connectivity index (χ4n) is 2.32. The predicted octanol–water partition coefficient (Wildman–Crippen LogP) is 3.55. The zero-order chi connectivity index (χ0) is 13.1. The molecule has 0 aliphatic rings. The number of fused-ring (bicyclic) bond motifs is 1. The van der Waals surface area contributed by atoms with Crippen molar-refractivity contribution in [2.75, 3.05) is 7.11 Å². The fourth-order valence-corrected chi connectivity index (χ4v) is 2.32. The molecule has 18 heavy (non-hydrogen) atoms. The largest absolute Gasteiger partial charge is 0.459 e. The van der Waals surface area contributed by atoms with Crippen LogP contribution in [0.1, 0.15) is 43.1 Å². The van der Waals surface area contributed by atoms with Gasteiger partial charge in [-0.25, -0.2) is 0 Å². The number of furan rings is 1. The number of hydrogen-bond donors (Lipinski definition) is 1. The Balaban J connectivity index is 2.64. The summed E-state index contributed by atoms with van der Waals surface area (Å²) in [4.78, 5) is 0. The second-order valence-electron chi connectivity index (χ2n) is 4.67. The first kappa shape index (κ1) is 13.1. The third-order valence-corrected chi connectivity index (χ3v) is 3.55. The van der Waals surface area contributed by atoms with E-state index < -0.39 is 0 Å². The molecule has 1 heterocycles. The Hall–Kier alpha value is -1.32. The Labute approximate surface area is 108 Å². The molecular weight excluding hydrogens is 226 g/mol. The van der Waals surface area contributed by atoms with Gasteiger partial charge in [-0.2, -0.15) is 0 Å². The third kappa shape index (κ3) is 2.16. The van der Waals surface area contributed by atoms with E-state index in [1.54, 1.807) is 7.11 Å². The second-order valence-corrected chi connectivity index (χ2v) is 4.67. The van der Waals surface area contributed by atoms with Crippen molar-refractivity contribution >= 4 is 11.0 Å². The van der Waals surface area contributed by atoms with Crippen molar-refractivity contribution in [2.45, 2.75) is 39.3 Å². The van der Waals surface area contributed by atoms with E-state index in [4.69, 9.17) is 14.9 Å². The summed E-state index contributed by atoms with van der Waals surface area (Å²) < 4.78 is 11.2. The van der Waals surface area contributed by atoms with Gasteiger partial charge in [-0.15, -0.1) is 0 Å². The van der Waals surface area contributed by atoms with E-state index in [9.17, 15) is 0 Å². The Kier molecular flexibility index (Phi) is 4.04. The lowest BCUT2D eigenvalue weighted by atomic mass is 9.96. The Morgan fingerprint density at radius 3 is 2.78 bits per heavy atom. The maximum absolute atomic E-state index is 5.95. The number of methoxy groups -OCH3 is 1. The number of hydrogen-bond acceptors (Lipinski definition) is 3. The molecule has 1 aromatic heterocycles.